The molecule has 1 heterocycles. The van der Waals surface area contributed by atoms with E-state index >= 15 is 0 Å². The van der Waals surface area contributed by atoms with E-state index in [1.807, 2.05) is 18.2 Å². The van der Waals surface area contributed by atoms with Gasteiger partial charge in [0.15, 0.2) is 0 Å². The average molecular weight is 255 g/mol. The largest absolute Gasteiger partial charge is 0.391 e. The number of hydrogen-bond acceptors (Lipinski definition) is 3. The molecular weight excluding hydrogens is 236 g/mol. The molecule has 4 heteroatoms. The van der Waals surface area contributed by atoms with Crippen LogP contribution in [-0.4, -0.2) is 30.8 Å². The van der Waals surface area contributed by atoms with E-state index in [0.29, 0.717) is 0 Å². The quantitative estimate of drug-likeness (QED) is 0.863. The Hall–Kier alpha value is -0.770. The van der Waals surface area contributed by atoms with Crippen LogP contribution in [0.15, 0.2) is 18.2 Å². The molecule has 94 valence electrons. The Labute approximate surface area is 107 Å². The van der Waals surface area contributed by atoms with Gasteiger partial charge >= 0.3 is 0 Å². The van der Waals surface area contributed by atoms with Crippen LogP contribution < -0.4 is 10.2 Å². The molecule has 1 atom stereocenters. The van der Waals surface area contributed by atoms with Crippen LogP contribution >= 0.6 is 11.6 Å². The standard InChI is InChI=1S/C13H19ClN2O/c1-2-15-8-10-7-11(14)3-4-13(10)16-6-5-12(17)9-16/h3-4,7,12,15,17H,2,5-6,8-9H2,1H3. The van der Waals surface area contributed by atoms with Crippen molar-refractivity contribution in [2.45, 2.75) is 26.0 Å². The van der Waals surface area contributed by atoms with Gasteiger partial charge in [-0.15, -0.1) is 0 Å². The highest BCUT2D eigenvalue weighted by Crippen LogP contribution is 2.27. The van der Waals surface area contributed by atoms with Crippen LogP contribution in [0.4, 0.5) is 5.69 Å². The van der Waals surface area contributed by atoms with Crippen LogP contribution in [0.2, 0.25) is 5.02 Å². The summed E-state index contributed by atoms with van der Waals surface area (Å²) in [5, 5.41) is 13.7. The number of nitrogens with zero attached hydrogens (tertiary/aromatic N) is 1. The van der Waals surface area contributed by atoms with Crippen molar-refractivity contribution in [3.63, 3.8) is 0 Å². The fourth-order valence-corrected chi connectivity index (χ4v) is 2.42. The normalized spacial score (nSPS) is 19.9. The van der Waals surface area contributed by atoms with Gasteiger partial charge in [-0.3, -0.25) is 0 Å². The molecule has 3 nitrogen and oxygen atoms in total. The lowest BCUT2D eigenvalue weighted by atomic mass is 10.1. The summed E-state index contributed by atoms with van der Waals surface area (Å²) in [7, 11) is 0. The molecule has 0 saturated carbocycles. The van der Waals surface area contributed by atoms with Gasteiger partial charge in [0.05, 0.1) is 6.10 Å². The zero-order valence-electron chi connectivity index (χ0n) is 10.1. The summed E-state index contributed by atoms with van der Waals surface area (Å²) in [6, 6.07) is 5.97. The number of rotatable bonds is 4. The van der Waals surface area contributed by atoms with E-state index in [0.717, 1.165) is 37.6 Å². The van der Waals surface area contributed by atoms with Crippen molar-refractivity contribution in [1.29, 1.82) is 0 Å². The Morgan fingerprint density at radius 3 is 3.00 bits per heavy atom. The molecule has 0 amide bonds. The van der Waals surface area contributed by atoms with Crippen LogP contribution in [-0.2, 0) is 6.54 Å². The van der Waals surface area contributed by atoms with E-state index in [9.17, 15) is 5.11 Å². The van der Waals surface area contributed by atoms with Crippen molar-refractivity contribution in [2.24, 2.45) is 0 Å². The molecule has 1 aliphatic rings. The Bertz CT molecular complexity index is 384. The molecule has 1 aromatic carbocycles. The monoisotopic (exact) mass is 254 g/mol. The first kappa shape index (κ1) is 12.7. The number of halogens is 1. The zero-order valence-corrected chi connectivity index (χ0v) is 10.9. The maximum Gasteiger partial charge on any atom is 0.0731 e. The minimum absolute atomic E-state index is 0.197. The number of aliphatic hydroxyl groups is 1. The van der Waals surface area contributed by atoms with Crippen LogP contribution in [0, 0.1) is 0 Å². The zero-order chi connectivity index (χ0) is 12.3. The molecule has 1 fully saturated rings. The van der Waals surface area contributed by atoms with Gasteiger partial charge in [0.1, 0.15) is 0 Å². The molecular formula is C13H19ClN2O. The minimum Gasteiger partial charge on any atom is -0.391 e. The lowest BCUT2D eigenvalue weighted by Gasteiger charge is -2.22. The average Bonchev–Trinajstić information content (AvgIpc) is 2.73. The minimum atomic E-state index is -0.197. The lowest BCUT2D eigenvalue weighted by Crippen LogP contribution is -2.24. The van der Waals surface area contributed by atoms with Crippen LogP contribution in [0.1, 0.15) is 18.9 Å². The number of aliphatic hydroxyl groups excluding tert-OH is 1. The summed E-state index contributed by atoms with van der Waals surface area (Å²) in [6.45, 7) is 5.49. The fraction of sp³-hybridized carbons (Fsp3) is 0.538. The lowest BCUT2D eigenvalue weighted by molar-refractivity contribution is 0.198. The highest BCUT2D eigenvalue weighted by Gasteiger charge is 2.22. The van der Waals surface area contributed by atoms with E-state index in [2.05, 4.69) is 17.1 Å². The second-order valence-electron chi connectivity index (χ2n) is 4.44. The second-order valence-corrected chi connectivity index (χ2v) is 4.88. The van der Waals surface area contributed by atoms with Crippen molar-refractivity contribution in [2.75, 3.05) is 24.5 Å². The molecule has 1 aromatic rings. The topological polar surface area (TPSA) is 35.5 Å². The van der Waals surface area contributed by atoms with Gasteiger partial charge in [-0.2, -0.15) is 0 Å². The fourth-order valence-electron chi connectivity index (χ4n) is 2.22. The Morgan fingerprint density at radius 1 is 1.53 bits per heavy atom. The van der Waals surface area contributed by atoms with Gasteiger partial charge in [0.25, 0.3) is 0 Å². The maximum atomic E-state index is 9.60. The predicted molar refractivity (Wildman–Crippen MR) is 71.7 cm³/mol. The summed E-state index contributed by atoms with van der Waals surface area (Å²) in [5.41, 5.74) is 2.39. The van der Waals surface area contributed by atoms with Gasteiger partial charge in [-0.1, -0.05) is 18.5 Å². The highest BCUT2D eigenvalue weighted by atomic mass is 35.5. The van der Waals surface area contributed by atoms with E-state index < -0.39 is 0 Å². The van der Waals surface area contributed by atoms with Crippen molar-refractivity contribution in [3.05, 3.63) is 28.8 Å². The summed E-state index contributed by atoms with van der Waals surface area (Å²) in [5.74, 6) is 0. The van der Waals surface area contributed by atoms with Gasteiger partial charge in [-0.05, 0) is 36.7 Å². The molecule has 2 rings (SSSR count). The first-order valence-corrected chi connectivity index (χ1v) is 6.50. The first-order chi connectivity index (χ1) is 8.20. The van der Waals surface area contributed by atoms with Crippen LogP contribution in [0.3, 0.4) is 0 Å². The van der Waals surface area contributed by atoms with Crippen molar-refractivity contribution >= 4 is 17.3 Å². The SMILES string of the molecule is CCNCc1cc(Cl)ccc1N1CCC(O)C1. The van der Waals surface area contributed by atoms with E-state index in [4.69, 9.17) is 11.6 Å². The summed E-state index contributed by atoms with van der Waals surface area (Å²) in [6.07, 6.45) is 0.654. The molecule has 1 unspecified atom stereocenters. The van der Waals surface area contributed by atoms with Crippen LogP contribution in [0.5, 0.6) is 0 Å². The molecule has 0 aromatic heterocycles. The number of hydrogen-bond donors (Lipinski definition) is 2. The van der Waals surface area contributed by atoms with Gasteiger partial charge in [-0.25, -0.2) is 0 Å². The summed E-state index contributed by atoms with van der Waals surface area (Å²) in [4.78, 5) is 2.23. The molecule has 0 bridgehead atoms. The van der Waals surface area contributed by atoms with E-state index in [-0.39, 0.29) is 6.10 Å². The van der Waals surface area contributed by atoms with Crippen molar-refractivity contribution in [1.82, 2.24) is 5.32 Å². The summed E-state index contributed by atoms with van der Waals surface area (Å²) >= 11 is 6.04. The second kappa shape index (κ2) is 5.71. The third kappa shape index (κ3) is 3.12. The molecule has 1 aliphatic heterocycles. The number of β-amino-alcohol motifs (C(OH)–C–C–N with tert-alkyl or cyclic N) is 1. The van der Waals surface area contributed by atoms with Gasteiger partial charge in [0, 0.05) is 30.3 Å². The van der Waals surface area contributed by atoms with Gasteiger partial charge in [0.2, 0.25) is 0 Å². The third-order valence-electron chi connectivity index (χ3n) is 3.11. The Morgan fingerprint density at radius 2 is 2.35 bits per heavy atom. The molecule has 0 spiro atoms. The van der Waals surface area contributed by atoms with Crippen molar-refractivity contribution in [3.8, 4) is 0 Å². The number of nitrogens with one attached hydrogen (secondary N) is 1. The Balaban J connectivity index is 2.19. The molecule has 1 saturated heterocycles. The third-order valence-corrected chi connectivity index (χ3v) is 3.35. The Kier molecular flexibility index (Phi) is 4.26. The van der Waals surface area contributed by atoms with E-state index in [1.165, 1.54) is 11.3 Å². The molecule has 0 aliphatic carbocycles. The summed E-state index contributed by atoms with van der Waals surface area (Å²) < 4.78 is 0. The van der Waals surface area contributed by atoms with Gasteiger partial charge < -0.3 is 15.3 Å². The molecule has 2 N–H and O–H groups in total. The highest BCUT2D eigenvalue weighted by molar-refractivity contribution is 6.30. The molecule has 17 heavy (non-hydrogen) atoms. The number of anilines is 1. The number of benzene rings is 1. The molecule has 0 radical (unpaired) electrons. The van der Waals surface area contributed by atoms with Crippen molar-refractivity contribution < 1.29 is 5.11 Å². The van der Waals surface area contributed by atoms with E-state index in [1.54, 1.807) is 0 Å². The predicted octanol–water partition coefficient (Wildman–Crippen LogP) is 2.02. The maximum absolute atomic E-state index is 9.60. The first-order valence-electron chi connectivity index (χ1n) is 6.13. The smallest absolute Gasteiger partial charge is 0.0731 e. The van der Waals surface area contributed by atoms with Crippen LogP contribution in [0.25, 0.3) is 0 Å².